The molecule has 0 saturated carbocycles. The van der Waals surface area contributed by atoms with E-state index in [1.165, 1.54) is 0 Å². The Morgan fingerprint density at radius 3 is 2.21 bits per heavy atom. The lowest BCUT2D eigenvalue weighted by atomic mass is 10.1. The topological polar surface area (TPSA) is 55.5 Å². The van der Waals surface area contributed by atoms with E-state index in [1.807, 2.05) is 54.6 Å². The predicted molar refractivity (Wildman–Crippen MR) is 78.5 cm³/mol. The van der Waals surface area contributed by atoms with Gasteiger partial charge < -0.3 is 15.6 Å². The molecule has 0 radical (unpaired) electrons. The first-order chi connectivity index (χ1) is 8.79. The van der Waals surface area contributed by atoms with Gasteiger partial charge in [0.1, 0.15) is 12.4 Å². The van der Waals surface area contributed by atoms with Crippen LogP contribution in [0.5, 0.6) is 5.75 Å². The minimum Gasteiger partial charge on any atom is -0.489 e. The third-order valence-electron chi connectivity index (χ3n) is 2.75. The van der Waals surface area contributed by atoms with Crippen molar-refractivity contribution in [3.8, 4) is 5.75 Å². The average molecular weight is 280 g/mol. The molecule has 0 saturated heterocycles. The molecule has 3 nitrogen and oxygen atoms in total. The van der Waals surface area contributed by atoms with Gasteiger partial charge in [-0.25, -0.2) is 0 Å². The highest BCUT2D eigenvalue weighted by Gasteiger charge is 2.03. The monoisotopic (exact) mass is 279 g/mol. The van der Waals surface area contributed by atoms with Gasteiger partial charge in [0.2, 0.25) is 0 Å². The second kappa shape index (κ2) is 7.79. The van der Waals surface area contributed by atoms with Crippen LogP contribution in [0.2, 0.25) is 0 Å². The summed E-state index contributed by atoms with van der Waals surface area (Å²) in [5, 5.41) is 8.95. The summed E-state index contributed by atoms with van der Waals surface area (Å²) in [5.74, 6) is 0.799. The molecule has 0 fully saturated rings. The van der Waals surface area contributed by atoms with E-state index in [-0.39, 0.29) is 25.1 Å². The van der Waals surface area contributed by atoms with Gasteiger partial charge in [-0.05, 0) is 23.3 Å². The Labute approximate surface area is 119 Å². The molecule has 0 aliphatic heterocycles. The largest absolute Gasteiger partial charge is 0.489 e. The lowest BCUT2D eigenvalue weighted by Gasteiger charge is -2.10. The van der Waals surface area contributed by atoms with Gasteiger partial charge in [0, 0.05) is 0 Å². The van der Waals surface area contributed by atoms with E-state index >= 15 is 0 Å². The highest BCUT2D eigenvalue weighted by Crippen LogP contribution is 2.17. The van der Waals surface area contributed by atoms with Crippen LogP contribution in [0.4, 0.5) is 0 Å². The summed E-state index contributed by atoms with van der Waals surface area (Å²) in [6.45, 7) is 0.496. The first-order valence-electron chi connectivity index (χ1n) is 5.92. The Bertz CT molecular complexity index is 473. The van der Waals surface area contributed by atoms with E-state index in [4.69, 9.17) is 15.6 Å². The molecule has 0 amide bonds. The van der Waals surface area contributed by atoms with Gasteiger partial charge >= 0.3 is 0 Å². The van der Waals surface area contributed by atoms with Crippen LogP contribution in [0, 0.1) is 0 Å². The van der Waals surface area contributed by atoms with Gasteiger partial charge in [0.15, 0.2) is 0 Å². The number of aliphatic hydroxyl groups excluding tert-OH is 1. The van der Waals surface area contributed by atoms with Crippen LogP contribution in [0.25, 0.3) is 0 Å². The summed E-state index contributed by atoms with van der Waals surface area (Å²) in [6, 6.07) is 17.2. The number of aliphatic hydroxyl groups is 1. The van der Waals surface area contributed by atoms with E-state index in [9.17, 15) is 0 Å². The van der Waals surface area contributed by atoms with Gasteiger partial charge in [0.05, 0.1) is 12.6 Å². The highest BCUT2D eigenvalue weighted by molar-refractivity contribution is 5.85. The molecule has 2 aromatic rings. The zero-order chi connectivity index (χ0) is 12.8. The third kappa shape index (κ3) is 4.56. The van der Waals surface area contributed by atoms with Crippen molar-refractivity contribution in [3.05, 3.63) is 65.7 Å². The quantitative estimate of drug-likeness (QED) is 0.885. The second-order valence-electron chi connectivity index (χ2n) is 4.13. The first-order valence-corrected chi connectivity index (χ1v) is 5.92. The zero-order valence-electron chi connectivity index (χ0n) is 10.5. The number of hydrogen-bond donors (Lipinski definition) is 2. The number of rotatable bonds is 5. The van der Waals surface area contributed by atoms with Crippen molar-refractivity contribution in [2.75, 3.05) is 6.61 Å². The van der Waals surface area contributed by atoms with E-state index < -0.39 is 0 Å². The molecule has 0 unspecified atom stereocenters. The molecule has 19 heavy (non-hydrogen) atoms. The van der Waals surface area contributed by atoms with Crippen LogP contribution in [-0.4, -0.2) is 11.7 Å². The van der Waals surface area contributed by atoms with Crippen molar-refractivity contribution >= 4 is 12.4 Å². The highest BCUT2D eigenvalue weighted by atomic mass is 35.5. The summed E-state index contributed by atoms with van der Waals surface area (Å²) < 4.78 is 5.66. The Morgan fingerprint density at radius 2 is 1.63 bits per heavy atom. The molecule has 1 atom stereocenters. The molecular formula is C15H18ClNO2. The van der Waals surface area contributed by atoms with Crippen molar-refractivity contribution in [2.24, 2.45) is 5.73 Å². The molecule has 4 heteroatoms. The fraction of sp³-hybridized carbons (Fsp3) is 0.200. The maximum absolute atomic E-state index is 8.95. The predicted octanol–water partition coefficient (Wildman–Crippen LogP) is 2.68. The van der Waals surface area contributed by atoms with Gasteiger partial charge in [-0.3, -0.25) is 0 Å². The van der Waals surface area contributed by atoms with E-state index in [0.717, 1.165) is 16.9 Å². The first kappa shape index (κ1) is 15.5. The van der Waals surface area contributed by atoms with Gasteiger partial charge in [0.25, 0.3) is 0 Å². The van der Waals surface area contributed by atoms with E-state index in [0.29, 0.717) is 6.61 Å². The summed E-state index contributed by atoms with van der Waals surface area (Å²) in [7, 11) is 0. The van der Waals surface area contributed by atoms with Crippen molar-refractivity contribution in [1.29, 1.82) is 0 Å². The Hall–Kier alpha value is -1.55. The maximum Gasteiger partial charge on any atom is 0.119 e. The van der Waals surface area contributed by atoms with Crippen LogP contribution in [0.15, 0.2) is 54.6 Å². The fourth-order valence-corrected chi connectivity index (χ4v) is 1.66. The molecule has 102 valence electrons. The average Bonchev–Trinajstić information content (AvgIpc) is 2.46. The summed E-state index contributed by atoms with van der Waals surface area (Å²) in [5.41, 5.74) is 7.76. The Kier molecular flexibility index (Phi) is 6.36. The number of halogens is 1. The number of nitrogens with two attached hydrogens (primary N) is 1. The van der Waals surface area contributed by atoms with Gasteiger partial charge in [-0.15, -0.1) is 12.4 Å². The van der Waals surface area contributed by atoms with Crippen LogP contribution in [0.3, 0.4) is 0 Å². The molecule has 0 bridgehead atoms. The van der Waals surface area contributed by atoms with E-state index in [2.05, 4.69) is 0 Å². The standard InChI is InChI=1S/C15H17NO2.ClH/c16-15(10-17)13-6-8-14(9-7-13)18-11-12-4-2-1-3-5-12;/h1-9,15,17H,10-11,16H2;1H/t15-;/m0./s1. The summed E-state index contributed by atoms with van der Waals surface area (Å²) in [6.07, 6.45) is 0. The number of hydrogen-bond acceptors (Lipinski definition) is 3. The van der Waals surface area contributed by atoms with Crippen LogP contribution < -0.4 is 10.5 Å². The Balaban J connectivity index is 0.00000180. The molecule has 0 aliphatic rings. The minimum absolute atomic E-state index is 0. The van der Waals surface area contributed by atoms with Crippen LogP contribution in [0.1, 0.15) is 17.2 Å². The van der Waals surface area contributed by atoms with Crippen molar-refractivity contribution in [3.63, 3.8) is 0 Å². The molecule has 2 rings (SSSR count). The van der Waals surface area contributed by atoms with Crippen molar-refractivity contribution < 1.29 is 9.84 Å². The Morgan fingerprint density at radius 1 is 1.00 bits per heavy atom. The van der Waals surface area contributed by atoms with Gasteiger partial charge in [-0.1, -0.05) is 42.5 Å². The van der Waals surface area contributed by atoms with Crippen LogP contribution in [-0.2, 0) is 6.61 Å². The van der Waals surface area contributed by atoms with Crippen molar-refractivity contribution in [1.82, 2.24) is 0 Å². The fourth-order valence-electron chi connectivity index (χ4n) is 1.66. The number of ether oxygens (including phenoxy) is 1. The molecule has 0 aliphatic carbocycles. The van der Waals surface area contributed by atoms with Gasteiger partial charge in [-0.2, -0.15) is 0 Å². The second-order valence-corrected chi connectivity index (χ2v) is 4.13. The van der Waals surface area contributed by atoms with Crippen LogP contribution >= 0.6 is 12.4 Å². The molecule has 0 heterocycles. The third-order valence-corrected chi connectivity index (χ3v) is 2.75. The smallest absolute Gasteiger partial charge is 0.119 e. The lowest BCUT2D eigenvalue weighted by Crippen LogP contribution is -2.14. The van der Waals surface area contributed by atoms with E-state index in [1.54, 1.807) is 0 Å². The van der Waals surface area contributed by atoms with Crippen molar-refractivity contribution in [2.45, 2.75) is 12.6 Å². The normalized spacial score (nSPS) is 11.5. The molecular weight excluding hydrogens is 262 g/mol. The minimum atomic E-state index is -0.326. The molecule has 0 aromatic heterocycles. The molecule has 3 N–H and O–H groups in total. The maximum atomic E-state index is 8.95. The SMILES string of the molecule is Cl.N[C@@H](CO)c1ccc(OCc2ccccc2)cc1. The lowest BCUT2D eigenvalue weighted by molar-refractivity contribution is 0.267. The summed E-state index contributed by atoms with van der Waals surface area (Å²) >= 11 is 0. The number of benzene rings is 2. The summed E-state index contributed by atoms with van der Waals surface area (Å²) in [4.78, 5) is 0. The molecule has 2 aromatic carbocycles. The zero-order valence-corrected chi connectivity index (χ0v) is 11.3. The molecule has 0 spiro atoms.